The van der Waals surface area contributed by atoms with Gasteiger partial charge in [-0.1, -0.05) is 0 Å². The van der Waals surface area contributed by atoms with Crippen LogP contribution in [0.25, 0.3) is 0 Å². The van der Waals surface area contributed by atoms with Gasteiger partial charge in [0.15, 0.2) is 5.75 Å². The molecule has 2 unspecified atom stereocenters. The number of aliphatic hydroxyl groups is 2. The minimum Gasteiger partial charge on any atom is -0.493 e. The smallest absolute Gasteiger partial charge is 0.162 e. The number of ether oxygens (including phenoxy) is 1. The van der Waals surface area contributed by atoms with Crippen LogP contribution in [0, 0.1) is 0 Å². The molecule has 74 valence electrons. The first kappa shape index (κ1) is 10.0. The van der Waals surface area contributed by atoms with Crippen LogP contribution < -0.4 is 4.74 Å². The highest BCUT2D eigenvalue weighted by Crippen LogP contribution is 2.25. The Hall–Kier alpha value is -1.07. The average Bonchev–Trinajstić information content (AvgIpc) is 2.45. The highest BCUT2D eigenvalue weighted by Gasteiger charge is 2.22. The molecule has 1 rings (SSSR count). The summed E-state index contributed by atoms with van der Waals surface area (Å²) in [5.74, 6) is 0.482. The highest BCUT2D eigenvalue weighted by atomic mass is 16.5. The third-order valence-corrected chi connectivity index (χ3v) is 1.91. The maximum absolute atomic E-state index is 9.59. The van der Waals surface area contributed by atoms with Crippen molar-refractivity contribution in [3.05, 3.63) is 11.9 Å². The Balaban J connectivity index is 3.03. The standard InChI is InChI=1S/C8H14N2O3/c1-5(11)8(12)7-6(13-3)4-9-10(7)2/h4-5,8,11-12H,1-3H3. The van der Waals surface area contributed by atoms with Gasteiger partial charge in [-0.25, -0.2) is 0 Å². The van der Waals surface area contributed by atoms with Crippen molar-refractivity contribution < 1.29 is 14.9 Å². The second kappa shape index (κ2) is 3.76. The Kier molecular flexibility index (Phi) is 2.90. The van der Waals surface area contributed by atoms with Crippen molar-refractivity contribution in [2.45, 2.75) is 19.1 Å². The van der Waals surface area contributed by atoms with Crippen LogP contribution in [0.5, 0.6) is 5.75 Å². The van der Waals surface area contributed by atoms with Crippen molar-refractivity contribution in [1.82, 2.24) is 9.78 Å². The molecule has 5 heteroatoms. The summed E-state index contributed by atoms with van der Waals surface area (Å²) in [5, 5.41) is 22.7. The fourth-order valence-corrected chi connectivity index (χ4v) is 1.15. The largest absolute Gasteiger partial charge is 0.493 e. The number of aryl methyl sites for hydroxylation is 1. The number of rotatable bonds is 3. The fraction of sp³-hybridized carbons (Fsp3) is 0.625. The van der Waals surface area contributed by atoms with E-state index in [1.807, 2.05) is 0 Å². The molecule has 0 radical (unpaired) electrons. The van der Waals surface area contributed by atoms with Crippen LogP contribution in [0.3, 0.4) is 0 Å². The Morgan fingerprint density at radius 1 is 1.54 bits per heavy atom. The van der Waals surface area contributed by atoms with Crippen molar-refractivity contribution in [1.29, 1.82) is 0 Å². The van der Waals surface area contributed by atoms with E-state index in [0.717, 1.165) is 0 Å². The highest BCUT2D eigenvalue weighted by molar-refractivity contribution is 5.27. The number of hydrogen-bond acceptors (Lipinski definition) is 4. The zero-order valence-electron chi connectivity index (χ0n) is 7.93. The van der Waals surface area contributed by atoms with Crippen LogP contribution in [-0.2, 0) is 7.05 Å². The first-order valence-electron chi connectivity index (χ1n) is 4.00. The van der Waals surface area contributed by atoms with E-state index < -0.39 is 12.2 Å². The van der Waals surface area contributed by atoms with E-state index in [4.69, 9.17) is 4.74 Å². The number of hydrogen-bond donors (Lipinski definition) is 2. The molecule has 0 spiro atoms. The van der Waals surface area contributed by atoms with E-state index in [2.05, 4.69) is 5.10 Å². The van der Waals surface area contributed by atoms with E-state index in [-0.39, 0.29) is 0 Å². The zero-order chi connectivity index (χ0) is 10.0. The minimum atomic E-state index is -0.970. The predicted molar refractivity (Wildman–Crippen MR) is 46.4 cm³/mol. The average molecular weight is 186 g/mol. The first-order valence-corrected chi connectivity index (χ1v) is 4.00. The van der Waals surface area contributed by atoms with Crippen LogP contribution in [0.1, 0.15) is 18.7 Å². The third kappa shape index (κ3) is 1.81. The van der Waals surface area contributed by atoms with E-state index in [9.17, 15) is 10.2 Å². The number of aliphatic hydroxyl groups excluding tert-OH is 2. The molecule has 1 heterocycles. The summed E-state index contributed by atoms with van der Waals surface area (Å²) in [7, 11) is 3.18. The van der Waals surface area contributed by atoms with Gasteiger partial charge >= 0.3 is 0 Å². The number of nitrogens with zero attached hydrogens (tertiary/aromatic N) is 2. The van der Waals surface area contributed by atoms with E-state index in [0.29, 0.717) is 11.4 Å². The summed E-state index contributed by atoms with van der Waals surface area (Å²) in [6.45, 7) is 1.51. The second-order valence-electron chi connectivity index (χ2n) is 2.91. The molecule has 0 fully saturated rings. The third-order valence-electron chi connectivity index (χ3n) is 1.91. The van der Waals surface area contributed by atoms with E-state index >= 15 is 0 Å². The molecule has 0 bridgehead atoms. The molecule has 2 atom stereocenters. The van der Waals surface area contributed by atoms with Gasteiger partial charge in [0.25, 0.3) is 0 Å². The van der Waals surface area contributed by atoms with E-state index in [1.165, 1.54) is 24.9 Å². The molecule has 1 aromatic rings. The van der Waals surface area contributed by atoms with E-state index in [1.54, 1.807) is 7.05 Å². The van der Waals surface area contributed by atoms with Gasteiger partial charge in [0.2, 0.25) is 0 Å². The summed E-state index contributed by atoms with van der Waals surface area (Å²) in [4.78, 5) is 0. The lowest BCUT2D eigenvalue weighted by molar-refractivity contribution is 0.0239. The fourth-order valence-electron chi connectivity index (χ4n) is 1.15. The molecule has 0 aliphatic heterocycles. The molecule has 0 aliphatic rings. The van der Waals surface area contributed by atoms with Gasteiger partial charge in [0.1, 0.15) is 11.8 Å². The maximum atomic E-state index is 9.59. The normalized spacial score (nSPS) is 15.5. The molecule has 0 saturated carbocycles. The Morgan fingerprint density at radius 3 is 2.62 bits per heavy atom. The van der Waals surface area contributed by atoms with Crippen LogP contribution in [0.2, 0.25) is 0 Å². The molecule has 0 amide bonds. The molecule has 5 nitrogen and oxygen atoms in total. The van der Waals surface area contributed by atoms with Crippen molar-refractivity contribution in [2.24, 2.45) is 7.05 Å². The summed E-state index contributed by atoms with van der Waals surface area (Å²) in [6.07, 6.45) is -0.312. The van der Waals surface area contributed by atoms with Crippen LogP contribution in [0.4, 0.5) is 0 Å². The predicted octanol–water partition coefficient (Wildman–Crippen LogP) is -0.157. The molecule has 0 aromatic carbocycles. The Morgan fingerprint density at radius 2 is 2.15 bits per heavy atom. The van der Waals surface area contributed by atoms with Crippen LogP contribution in [0.15, 0.2) is 6.20 Å². The molecular formula is C8H14N2O3. The summed E-state index contributed by atoms with van der Waals surface area (Å²) >= 11 is 0. The van der Waals surface area contributed by atoms with Gasteiger partial charge in [0.05, 0.1) is 19.4 Å². The molecule has 1 aromatic heterocycles. The van der Waals surface area contributed by atoms with Gasteiger partial charge in [-0.3, -0.25) is 4.68 Å². The van der Waals surface area contributed by atoms with Gasteiger partial charge in [0, 0.05) is 7.05 Å². The maximum Gasteiger partial charge on any atom is 0.162 e. The molecule has 0 aliphatic carbocycles. The second-order valence-corrected chi connectivity index (χ2v) is 2.91. The monoisotopic (exact) mass is 186 g/mol. The SMILES string of the molecule is COc1cnn(C)c1C(O)C(C)O. The Bertz CT molecular complexity index is 283. The Labute approximate surface area is 76.6 Å². The number of methoxy groups -OCH3 is 1. The van der Waals surface area contributed by atoms with Crippen molar-refractivity contribution in [2.75, 3.05) is 7.11 Å². The molecule has 2 N–H and O–H groups in total. The van der Waals surface area contributed by atoms with Gasteiger partial charge in [-0.05, 0) is 6.92 Å². The lowest BCUT2D eigenvalue weighted by atomic mass is 10.1. The van der Waals surface area contributed by atoms with Gasteiger partial charge < -0.3 is 14.9 Å². The van der Waals surface area contributed by atoms with Gasteiger partial charge in [-0.15, -0.1) is 0 Å². The lowest BCUT2D eigenvalue weighted by Gasteiger charge is -2.15. The van der Waals surface area contributed by atoms with Crippen LogP contribution >= 0.6 is 0 Å². The topological polar surface area (TPSA) is 67.5 Å². The molecule has 0 saturated heterocycles. The van der Waals surface area contributed by atoms with Crippen molar-refractivity contribution in [3.63, 3.8) is 0 Å². The lowest BCUT2D eigenvalue weighted by Crippen LogP contribution is -2.17. The molecular weight excluding hydrogens is 172 g/mol. The molecule has 13 heavy (non-hydrogen) atoms. The quantitative estimate of drug-likeness (QED) is 0.688. The van der Waals surface area contributed by atoms with Crippen molar-refractivity contribution in [3.8, 4) is 5.75 Å². The number of aromatic nitrogens is 2. The summed E-state index contributed by atoms with van der Waals surface area (Å²) in [5.41, 5.74) is 0.484. The van der Waals surface area contributed by atoms with Gasteiger partial charge in [-0.2, -0.15) is 5.10 Å². The van der Waals surface area contributed by atoms with Crippen molar-refractivity contribution >= 4 is 0 Å². The first-order chi connectivity index (χ1) is 6.07. The summed E-state index contributed by atoms with van der Waals surface area (Å²) in [6, 6.07) is 0. The summed E-state index contributed by atoms with van der Waals surface area (Å²) < 4.78 is 6.47. The minimum absolute atomic E-state index is 0.482. The zero-order valence-corrected chi connectivity index (χ0v) is 7.93. The van der Waals surface area contributed by atoms with Crippen LogP contribution in [-0.4, -0.2) is 33.2 Å².